The number of nitrogens with two attached hydrogens (primary N) is 2. The van der Waals surface area contributed by atoms with Crippen LogP contribution < -0.4 is 16.2 Å². The largest absolute Gasteiger partial charge is 0.507 e. The Balaban J connectivity index is 1.53. The molecule has 0 unspecified atom stereocenters. The van der Waals surface area contributed by atoms with Crippen molar-refractivity contribution in [3.63, 3.8) is 0 Å². The highest BCUT2D eigenvalue weighted by Gasteiger charge is 2.49. The van der Waals surface area contributed by atoms with Crippen LogP contribution in [0.4, 0.5) is 5.13 Å². The Morgan fingerprint density at radius 3 is 2.54 bits per heavy atom. The number of aromatic hydroxyl groups is 2. The number of fused-ring (bicyclic) bond motifs is 3. The van der Waals surface area contributed by atoms with Gasteiger partial charge in [-0.3, -0.25) is 9.59 Å². The number of ether oxygens (including phenoxy) is 3. The van der Waals surface area contributed by atoms with E-state index in [1.54, 1.807) is 18.4 Å². The number of hydrogen-bond acceptors (Lipinski definition) is 13. The van der Waals surface area contributed by atoms with E-state index in [1.165, 1.54) is 19.2 Å². The zero-order chi connectivity index (χ0) is 29.4. The molecule has 3 aliphatic rings. The van der Waals surface area contributed by atoms with Gasteiger partial charge in [-0.05, 0) is 13.0 Å². The van der Waals surface area contributed by atoms with Gasteiger partial charge in [0.05, 0.1) is 47.8 Å². The Labute approximate surface area is 238 Å². The van der Waals surface area contributed by atoms with E-state index in [0.717, 1.165) is 11.3 Å². The third-order valence-electron chi connectivity index (χ3n) is 8.14. The summed E-state index contributed by atoms with van der Waals surface area (Å²) in [4.78, 5) is 31.7. The summed E-state index contributed by atoms with van der Waals surface area (Å²) in [6, 6.07) is 3.84. The number of carbonyl (C=O) groups excluding carboxylic acids is 2. The Morgan fingerprint density at radius 2 is 1.88 bits per heavy atom. The number of nitrogen functional groups attached to an aromatic ring is 1. The molecule has 0 spiro atoms. The molecule has 1 aliphatic heterocycles. The molecular formula is C28H29N3O9S. The highest BCUT2D eigenvalue weighted by molar-refractivity contribution is 7.13. The Kier molecular flexibility index (Phi) is 6.56. The van der Waals surface area contributed by atoms with Crippen molar-refractivity contribution in [1.29, 1.82) is 0 Å². The van der Waals surface area contributed by atoms with Crippen molar-refractivity contribution in [3.8, 4) is 17.2 Å². The molecule has 0 radical (unpaired) electrons. The SMILES string of the molecule is COc1cccc2c1C(=O)c1c(O)c3c(c(O)c1C2=O)C[C@@](O)(c1csc(N)n1)C[C@H]3O[C@H]1C[C@@H](N)[C@@H](O)[C@H](C)O1. The third kappa shape index (κ3) is 4.19. The van der Waals surface area contributed by atoms with E-state index < -0.39 is 59.3 Å². The molecular weight excluding hydrogens is 554 g/mol. The molecule has 1 fully saturated rings. The number of benzene rings is 2. The number of ketones is 2. The highest BCUT2D eigenvalue weighted by Crippen LogP contribution is 2.54. The van der Waals surface area contributed by atoms with E-state index in [9.17, 15) is 30.0 Å². The average molecular weight is 584 g/mol. The second kappa shape index (κ2) is 9.76. The van der Waals surface area contributed by atoms with Crippen LogP contribution in [0.1, 0.15) is 74.5 Å². The fraction of sp³-hybridized carbons (Fsp3) is 0.393. The lowest BCUT2D eigenvalue weighted by Crippen LogP contribution is -2.52. The molecule has 13 heteroatoms. The first kappa shape index (κ1) is 27.6. The summed E-state index contributed by atoms with van der Waals surface area (Å²) in [7, 11) is 1.36. The van der Waals surface area contributed by atoms with Crippen LogP contribution in [-0.4, -0.2) is 68.6 Å². The summed E-state index contributed by atoms with van der Waals surface area (Å²) in [5.41, 5.74) is 9.70. The standard InChI is InChI=1S/C28H29N3O9S/c1-10-22(32)13(29)6-17(39-10)40-15-8-28(37,16-9-41-27(30)31-16)7-12-19(15)26(36)21-20(24(12)34)23(33)11-4-3-5-14(38-2)18(11)25(21)35/h3-5,9-10,13,15,17,22,32,34,36-37H,6-8,29H2,1-2H3,(H2,30,31)/t10-,13+,15+,17-,22-,28-/m0/s1. The van der Waals surface area contributed by atoms with Crippen LogP contribution >= 0.6 is 11.3 Å². The van der Waals surface area contributed by atoms with E-state index in [0.29, 0.717) is 0 Å². The molecule has 1 saturated heterocycles. The predicted octanol–water partition coefficient (Wildman–Crippen LogP) is 1.64. The molecule has 6 atom stereocenters. The smallest absolute Gasteiger partial charge is 0.202 e. The fourth-order valence-corrected chi connectivity index (χ4v) is 6.74. The topological polar surface area (TPSA) is 208 Å². The molecule has 12 nitrogen and oxygen atoms in total. The number of anilines is 1. The third-order valence-corrected chi connectivity index (χ3v) is 8.82. The molecule has 2 aliphatic carbocycles. The van der Waals surface area contributed by atoms with Crippen LogP contribution in [-0.2, 0) is 21.5 Å². The Morgan fingerprint density at radius 1 is 1.15 bits per heavy atom. The van der Waals surface area contributed by atoms with Crippen molar-refractivity contribution in [3.05, 3.63) is 62.7 Å². The van der Waals surface area contributed by atoms with E-state index in [4.69, 9.17) is 25.7 Å². The minimum absolute atomic E-state index is 0.0137. The summed E-state index contributed by atoms with van der Waals surface area (Å²) >= 11 is 1.12. The molecule has 0 bridgehead atoms. The minimum Gasteiger partial charge on any atom is -0.507 e. The number of hydrogen-bond donors (Lipinski definition) is 6. The molecule has 2 aromatic carbocycles. The lowest BCUT2D eigenvalue weighted by Gasteiger charge is -2.42. The van der Waals surface area contributed by atoms with Crippen LogP contribution in [0.15, 0.2) is 23.6 Å². The van der Waals surface area contributed by atoms with Gasteiger partial charge in [-0.25, -0.2) is 4.98 Å². The average Bonchev–Trinajstić information content (AvgIpc) is 3.38. The van der Waals surface area contributed by atoms with Crippen LogP contribution in [0.2, 0.25) is 0 Å². The zero-order valence-corrected chi connectivity index (χ0v) is 23.0. The van der Waals surface area contributed by atoms with Crippen molar-refractivity contribution in [2.75, 3.05) is 12.8 Å². The van der Waals surface area contributed by atoms with Crippen molar-refractivity contribution in [2.45, 2.75) is 62.4 Å². The van der Waals surface area contributed by atoms with Gasteiger partial charge in [0.25, 0.3) is 0 Å². The molecule has 2 heterocycles. The lowest BCUT2D eigenvalue weighted by atomic mass is 9.72. The second-order valence-electron chi connectivity index (χ2n) is 10.6. The van der Waals surface area contributed by atoms with Gasteiger partial charge in [0.1, 0.15) is 22.8 Å². The summed E-state index contributed by atoms with van der Waals surface area (Å²) in [6.45, 7) is 1.64. The number of aromatic nitrogens is 1. The Hall–Kier alpha value is -3.59. The minimum atomic E-state index is -1.73. The molecule has 0 saturated carbocycles. The van der Waals surface area contributed by atoms with Crippen molar-refractivity contribution >= 4 is 28.0 Å². The Bertz CT molecular complexity index is 1580. The van der Waals surface area contributed by atoms with Gasteiger partial charge in [-0.2, -0.15) is 0 Å². The van der Waals surface area contributed by atoms with Crippen LogP contribution in [0.5, 0.6) is 17.2 Å². The normalized spacial score (nSPS) is 29.0. The van der Waals surface area contributed by atoms with Gasteiger partial charge in [-0.1, -0.05) is 12.1 Å². The molecule has 41 heavy (non-hydrogen) atoms. The van der Waals surface area contributed by atoms with Crippen molar-refractivity contribution in [1.82, 2.24) is 4.98 Å². The zero-order valence-electron chi connectivity index (χ0n) is 22.2. The first-order valence-electron chi connectivity index (χ1n) is 13.0. The fourth-order valence-electron chi connectivity index (χ4n) is 6.09. The maximum Gasteiger partial charge on any atom is 0.202 e. The molecule has 1 aromatic heterocycles. The van der Waals surface area contributed by atoms with Crippen molar-refractivity contribution < 1.29 is 44.2 Å². The first-order chi connectivity index (χ1) is 19.4. The maximum absolute atomic E-state index is 13.8. The molecule has 8 N–H and O–H groups in total. The summed E-state index contributed by atoms with van der Waals surface area (Å²) in [5, 5.41) is 47.1. The van der Waals surface area contributed by atoms with Gasteiger partial charge in [0, 0.05) is 47.4 Å². The first-order valence-corrected chi connectivity index (χ1v) is 13.9. The summed E-state index contributed by atoms with van der Waals surface area (Å²) in [5.74, 6) is -2.36. The van der Waals surface area contributed by atoms with Crippen molar-refractivity contribution in [2.24, 2.45) is 5.73 Å². The lowest BCUT2D eigenvalue weighted by molar-refractivity contribution is -0.248. The van der Waals surface area contributed by atoms with Gasteiger partial charge < -0.3 is 46.1 Å². The van der Waals surface area contributed by atoms with Crippen LogP contribution in [0.25, 0.3) is 0 Å². The molecule has 3 aromatic rings. The molecule has 6 rings (SSSR count). The second-order valence-corrected chi connectivity index (χ2v) is 11.5. The van der Waals surface area contributed by atoms with Gasteiger partial charge in [0.15, 0.2) is 17.2 Å². The number of methoxy groups -OCH3 is 1. The number of phenols is 2. The quantitative estimate of drug-likeness (QED) is 0.190. The van der Waals surface area contributed by atoms with E-state index >= 15 is 0 Å². The van der Waals surface area contributed by atoms with E-state index in [-0.39, 0.29) is 69.2 Å². The number of thiazole rings is 1. The number of aliphatic hydroxyl groups is 2. The van der Waals surface area contributed by atoms with Crippen LogP contribution in [0.3, 0.4) is 0 Å². The number of rotatable bonds is 4. The monoisotopic (exact) mass is 583 g/mol. The van der Waals surface area contributed by atoms with E-state index in [2.05, 4.69) is 4.98 Å². The molecule has 0 amide bonds. The predicted molar refractivity (Wildman–Crippen MR) is 145 cm³/mol. The van der Waals surface area contributed by atoms with E-state index in [1.807, 2.05) is 0 Å². The van der Waals surface area contributed by atoms with Gasteiger partial charge >= 0.3 is 0 Å². The van der Waals surface area contributed by atoms with Gasteiger partial charge in [-0.15, -0.1) is 11.3 Å². The number of aliphatic hydroxyl groups excluding tert-OH is 1. The molecule has 216 valence electrons. The number of carbonyl (C=O) groups is 2. The highest BCUT2D eigenvalue weighted by atomic mass is 32.1. The van der Waals surface area contributed by atoms with Crippen LogP contribution in [0, 0.1) is 0 Å². The number of phenolic OH excluding ortho intramolecular Hbond substituents is 2. The number of nitrogens with zero attached hydrogens (tertiary/aromatic N) is 1. The maximum atomic E-state index is 13.8. The summed E-state index contributed by atoms with van der Waals surface area (Å²) < 4.78 is 17.4. The van der Waals surface area contributed by atoms with Gasteiger partial charge in [0.2, 0.25) is 5.78 Å². The summed E-state index contributed by atoms with van der Waals surface area (Å²) in [6.07, 6.45) is -4.03.